The highest BCUT2D eigenvalue weighted by Crippen LogP contribution is 2.35. The van der Waals surface area contributed by atoms with Crippen molar-refractivity contribution in [3.8, 4) is 0 Å². The topological polar surface area (TPSA) is 86.6 Å². The molecule has 2 saturated carbocycles. The number of carbonyl (C=O) groups is 2. The minimum atomic E-state index is -0.880. The molecule has 0 aromatic heterocycles. The molecule has 0 bridgehead atoms. The van der Waals surface area contributed by atoms with Gasteiger partial charge in [0.05, 0.1) is 24.0 Å². The van der Waals surface area contributed by atoms with E-state index in [-0.39, 0.29) is 12.5 Å². The monoisotopic (exact) mass is 241 g/mol. The molecule has 0 aromatic carbocycles. The summed E-state index contributed by atoms with van der Waals surface area (Å²) >= 11 is 0. The summed E-state index contributed by atoms with van der Waals surface area (Å²) < 4.78 is 0. The molecule has 5 nitrogen and oxygen atoms in total. The van der Waals surface area contributed by atoms with E-state index in [1.54, 1.807) is 0 Å². The van der Waals surface area contributed by atoms with Crippen LogP contribution in [0.25, 0.3) is 0 Å². The van der Waals surface area contributed by atoms with Gasteiger partial charge in [0.15, 0.2) is 0 Å². The first kappa shape index (κ1) is 12.4. The van der Waals surface area contributed by atoms with Gasteiger partial charge in [0, 0.05) is 0 Å². The van der Waals surface area contributed by atoms with Crippen LogP contribution in [0.1, 0.15) is 38.5 Å². The van der Waals surface area contributed by atoms with Crippen LogP contribution in [-0.4, -0.2) is 34.2 Å². The van der Waals surface area contributed by atoms with Gasteiger partial charge >= 0.3 is 5.97 Å². The molecule has 1 amide bonds. The Morgan fingerprint density at radius 3 is 2.29 bits per heavy atom. The van der Waals surface area contributed by atoms with E-state index in [1.165, 1.54) is 0 Å². The van der Waals surface area contributed by atoms with E-state index in [0.29, 0.717) is 12.8 Å². The van der Waals surface area contributed by atoms with Gasteiger partial charge in [0.25, 0.3) is 0 Å². The second-order valence-corrected chi connectivity index (χ2v) is 5.26. The summed E-state index contributed by atoms with van der Waals surface area (Å²) in [4.78, 5) is 23.0. The Bertz CT molecular complexity index is 319. The van der Waals surface area contributed by atoms with Crippen molar-refractivity contribution < 1.29 is 19.8 Å². The average Bonchev–Trinajstić information content (AvgIpc) is 2.72. The number of nitrogens with one attached hydrogen (secondary N) is 1. The first-order chi connectivity index (χ1) is 8.08. The zero-order valence-electron chi connectivity index (χ0n) is 9.82. The Hall–Kier alpha value is -1.10. The smallest absolute Gasteiger partial charge is 0.307 e. The Morgan fingerprint density at radius 1 is 1.18 bits per heavy atom. The largest absolute Gasteiger partial charge is 0.481 e. The molecule has 2 aliphatic rings. The van der Waals surface area contributed by atoms with Gasteiger partial charge in [-0.05, 0) is 32.1 Å². The molecule has 5 heteroatoms. The van der Waals surface area contributed by atoms with Crippen LogP contribution in [-0.2, 0) is 9.59 Å². The minimum absolute atomic E-state index is 0.0524. The van der Waals surface area contributed by atoms with E-state index in [4.69, 9.17) is 5.11 Å². The summed E-state index contributed by atoms with van der Waals surface area (Å²) in [7, 11) is 0. The van der Waals surface area contributed by atoms with Crippen molar-refractivity contribution >= 4 is 11.9 Å². The van der Waals surface area contributed by atoms with Crippen molar-refractivity contribution in [2.45, 2.75) is 44.1 Å². The predicted molar refractivity (Wildman–Crippen MR) is 60.3 cm³/mol. The SMILES string of the molecule is O=C(O)C1CCCC1C(=O)NC1(CO)CCC1. The van der Waals surface area contributed by atoms with E-state index < -0.39 is 23.3 Å². The molecule has 2 aliphatic carbocycles. The number of carbonyl (C=O) groups excluding carboxylic acids is 1. The summed E-state index contributed by atoms with van der Waals surface area (Å²) in [5.74, 6) is -2.04. The van der Waals surface area contributed by atoms with Crippen LogP contribution in [0, 0.1) is 11.8 Å². The maximum Gasteiger partial charge on any atom is 0.307 e. The highest BCUT2D eigenvalue weighted by atomic mass is 16.4. The van der Waals surface area contributed by atoms with Crippen LogP contribution in [0.15, 0.2) is 0 Å². The Balaban J connectivity index is 1.97. The summed E-state index contributed by atoms with van der Waals surface area (Å²) in [6, 6.07) is 0. The van der Waals surface area contributed by atoms with Crippen LogP contribution in [0.3, 0.4) is 0 Å². The number of amides is 1. The van der Waals surface area contributed by atoms with Crippen LogP contribution in [0.4, 0.5) is 0 Å². The van der Waals surface area contributed by atoms with Gasteiger partial charge in [-0.2, -0.15) is 0 Å². The van der Waals surface area contributed by atoms with E-state index in [1.807, 2.05) is 0 Å². The van der Waals surface area contributed by atoms with Crippen molar-refractivity contribution in [2.24, 2.45) is 11.8 Å². The van der Waals surface area contributed by atoms with Crippen molar-refractivity contribution in [3.63, 3.8) is 0 Å². The molecule has 0 heterocycles. The summed E-state index contributed by atoms with van der Waals surface area (Å²) in [6.07, 6.45) is 4.61. The maximum absolute atomic E-state index is 12.0. The Kier molecular flexibility index (Phi) is 3.38. The molecule has 2 fully saturated rings. The molecule has 2 atom stereocenters. The molecule has 96 valence electrons. The molecular weight excluding hydrogens is 222 g/mol. The molecule has 2 rings (SSSR count). The highest BCUT2D eigenvalue weighted by molar-refractivity contribution is 5.85. The fraction of sp³-hybridized carbons (Fsp3) is 0.833. The highest BCUT2D eigenvalue weighted by Gasteiger charge is 2.43. The molecule has 0 spiro atoms. The Labute approximate surface area is 100 Å². The van der Waals surface area contributed by atoms with E-state index in [2.05, 4.69) is 5.32 Å². The summed E-state index contributed by atoms with van der Waals surface area (Å²) in [6.45, 7) is -0.0524. The third-order valence-electron chi connectivity index (χ3n) is 4.17. The van der Waals surface area contributed by atoms with Gasteiger partial charge in [0.1, 0.15) is 0 Å². The van der Waals surface area contributed by atoms with Crippen LogP contribution in [0.2, 0.25) is 0 Å². The lowest BCUT2D eigenvalue weighted by Gasteiger charge is -2.41. The standard InChI is InChI=1S/C12H19NO4/c14-7-12(5-2-6-12)13-10(15)8-3-1-4-9(8)11(16)17/h8-9,14H,1-7H2,(H,13,15)(H,16,17). The second kappa shape index (κ2) is 4.64. The van der Waals surface area contributed by atoms with Crippen LogP contribution in [0.5, 0.6) is 0 Å². The van der Waals surface area contributed by atoms with Crippen molar-refractivity contribution in [1.82, 2.24) is 5.32 Å². The molecule has 2 unspecified atom stereocenters. The first-order valence-electron chi connectivity index (χ1n) is 6.24. The quantitative estimate of drug-likeness (QED) is 0.669. The lowest BCUT2D eigenvalue weighted by molar-refractivity contribution is -0.147. The number of carboxylic acid groups (broad SMARTS) is 1. The van der Waals surface area contributed by atoms with E-state index in [9.17, 15) is 14.7 Å². The van der Waals surface area contributed by atoms with Gasteiger partial charge < -0.3 is 15.5 Å². The Morgan fingerprint density at radius 2 is 1.82 bits per heavy atom. The van der Waals surface area contributed by atoms with Gasteiger partial charge in [-0.3, -0.25) is 9.59 Å². The number of carboxylic acids is 1. The van der Waals surface area contributed by atoms with Crippen LogP contribution >= 0.6 is 0 Å². The zero-order chi connectivity index (χ0) is 12.5. The fourth-order valence-electron chi connectivity index (χ4n) is 2.85. The lowest BCUT2D eigenvalue weighted by Crippen LogP contribution is -2.57. The maximum atomic E-state index is 12.0. The molecular formula is C12H19NO4. The minimum Gasteiger partial charge on any atom is -0.481 e. The van der Waals surface area contributed by atoms with Crippen molar-refractivity contribution in [3.05, 3.63) is 0 Å². The lowest BCUT2D eigenvalue weighted by atomic mass is 9.77. The molecule has 0 radical (unpaired) electrons. The molecule has 0 aliphatic heterocycles. The number of aliphatic carboxylic acids is 1. The summed E-state index contributed by atoms with van der Waals surface area (Å²) in [5.41, 5.74) is -0.470. The normalized spacial score (nSPS) is 30.6. The van der Waals surface area contributed by atoms with Gasteiger partial charge in [-0.1, -0.05) is 6.42 Å². The van der Waals surface area contributed by atoms with E-state index in [0.717, 1.165) is 25.7 Å². The predicted octanol–water partition coefficient (Wildman–Crippen LogP) is 0.518. The number of aliphatic hydroxyl groups excluding tert-OH is 1. The summed E-state index contributed by atoms with van der Waals surface area (Å²) in [5, 5.41) is 21.2. The van der Waals surface area contributed by atoms with Crippen molar-refractivity contribution in [1.29, 1.82) is 0 Å². The second-order valence-electron chi connectivity index (χ2n) is 5.26. The third-order valence-corrected chi connectivity index (χ3v) is 4.17. The third kappa shape index (κ3) is 2.29. The number of rotatable bonds is 4. The molecule has 0 aromatic rings. The molecule has 3 N–H and O–H groups in total. The average molecular weight is 241 g/mol. The molecule has 17 heavy (non-hydrogen) atoms. The van der Waals surface area contributed by atoms with Crippen LogP contribution < -0.4 is 5.32 Å². The van der Waals surface area contributed by atoms with Gasteiger partial charge in [-0.15, -0.1) is 0 Å². The number of hydrogen-bond acceptors (Lipinski definition) is 3. The zero-order valence-corrected chi connectivity index (χ0v) is 9.82. The first-order valence-corrected chi connectivity index (χ1v) is 6.24. The number of hydrogen-bond donors (Lipinski definition) is 3. The van der Waals surface area contributed by atoms with Gasteiger partial charge in [-0.25, -0.2) is 0 Å². The molecule has 0 saturated heterocycles. The van der Waals surface area contributed by atoms with Gasteiger partial charge in [0.2, 0.25) is 5.91 Å². The fourth-order valence-corrected chi connectivity index (χ4v) is 2.85. The number of aliphatic hydroxyl groups is 1. The van der Waals surface area contributed by atoms with E-state index >= 15 is 0 Å². The van der Waals surface area contributed by atoms with Crippen molar-refractivity contribution in [2.75, 3.05) is 6.61 Å².